The third-order valence-electron chi connectivity index (χ3n) is 2.66. The van der Waals surface area contributed by atoms with Crippen LogP contribution in [0.1, 0.15) is 30.9 Å². The van der Waals surface area contributed by atoms with E-state index in [0.29, 0.717) is 12.8 Å². The number of hydrogen-bond donors (Lipinski definition) is 2. The fourth-order valence-corrected chi connectivity index (χ4v) is 1.72. The zero-order valence-corrected chi connectivity index (χ0v) is 10.7. The first-order chi connectivity index (χ1) is 9.29. The topological polar surface area (TPSA) is 73.1 Å². The molecular formula is C13H13F3N2O2. The van der Waals surface area contributed by atoms with Crippen LogP contribution in [0.25, 0.3) is 0 Å². The summed E-state index contributed by atoms with van der Waals surface area (Å²) in [7, 11) is 0. The van der Waals surface area contributed by atoms with Gasteiger partial charge in [0, 0.05) is 5.69 Å². The molecule has 1 unspecified atom stereocenters. The SMILES string of the molecule is CCCC(Nc1ccc(C(F)(F)F)c(C#N)c1)C(=O)O. The standard InChI is InChI=1S/C13H13F3N2O2/c1-2-3-11(12(19)20)18-9-4-5-10(13(14,15)16)8(6-9)7-17/h4-6,11,18H,2-3H2,1H3,(H,19,20). The molecule has 0 bridgehead atoms. The number of rotatable bonds is 5. The van der Waals surface area contributed by atoms with Gasteiger partial charge in [-0.15, -0.1) is 0 Å². The molecule has 108 valence electrons. The van der Waals surface area contributed by atoms with Crippen molar-refractivity contribution in [2.75, 3.05) is 5.32 Å². The molecule has 0 aliphatic rings. The predicted octanol–water partition coefficient (Wildman–Crippen LogP) is 3.24. The molecule has 1 rings (SSSR count). The van der Waals surface area contributed by atoms with Gasteiger partial charge in [-0.3, -0.25) is 0 Å². The number of nitrogens with zero attached hydrogens (tertiary/aromatic N) is 1. The molecule has 0 aliphatic carbocycles. The molecule has 1 aromatic carbocycles. The smallest absolute Gasteiger partial charge is 0.417 e. The van der Waals surface area contributed by atoms with Crippen molar-refractivity contribution in [3.05, 3.63) is 29.3 Å². The van der Waals surface area contributed by atoms with Crippen molar-refractivity contribution in [3.8, 4) is 6.07 Å². The maximum Gasteiger partial charge on any atom is 0.417 e. The molecule has 0 heterocycles. The highest BCUT2D eigenvalue weighted by Gasteiger charge is 2.33. The molecule has 7 heteroatoms. The summed E-state index contributed by atoms with van der Waals surface area (Å²) in [5.74, 6) is -1.09. The Morgan fingerprint density at radius 2 is 2.15 bits per heavy atom. The van der Waals surface area contributed by atoms with Crippen molar-refractivity contribution in [1.29, 1.82) is 5.26 Å². The maximum atomic E-state index is 12.6. The minimum atomic E-state index is -4.61. The molecule has 0 saturated heterocycles. The van der Waals surface area contributed by atoms with E-state index in [0.717, 1.165) is 18.2 Å². The molecular weight excluding hydrogens is 273 g/mol. The zero-order chi connectivity index (χ0) is 15.3. The zero-order valence-electron chi connectivity index (χ0n) is 10.7. The van der Waals surface area contributed by atoms with E-state index in [2.05, 4.69) is 5.32 Å². The molecule has 20 heavy (non-hydrogen) atoms. The summed E-state index contributed by atoms with van der Waals surface area (Å²) in [6.07, 6.45) is -3.67. The average molecular weight is 286 g/mol. The van der Waals surface area contributed by atoms with Crippen molar-refractivity contribution in [2.24, 2.45) is 0 Å². The third-order valence-corrected chi connectivity index (χ3v) is 2.66. The van der Waals surface area contributed by atoms with E-state index in [1.807, 2.05) is 0 Å². The summed E-state index contributed by atoms with van der Waals surface area (Å²) in [5.41, 5.74) is -1.40. The quantitative estimate of drug-likeness (QED) is 0.871. The lowest BCUT2D eigenvalue weighted by atomic mass is 10.1. The van der Waals surface area contributed by atoms with Gasteiger partial charge < -0.3 is 10.4 Å². The minimum Gasteiger partial charge on any atom is -0.480 e. The molecule has 1 aromatic rings. The first-order valence-corrected chi connectivity index (χ1v) is 5.90. The summed E-state index contributed by atoms with van der Waals surface area (Å²) < 4.78 is 37.8. The van der Waals surface area contributed by atoms with Crippen LogP contribution in [0, 0.1) is 11.3 Å². The molecule has 4 nitrogen and oxygen atoms in total. The summed E-state index contributed by atoms with van der Waals surface area (Å²) in [6.45, 7) is 1.80. The third kappa shape index (κ3) is 3.88. The molecule has 0 aromatic heterocycles. The lowest BCUT2D eigenvalue weighted by molar-refractivity contribution is -0.139. The molecule has 0 aliphatic heterocycles. The van der Waals surface area contributed by atoms with Gasteiger partial charge in [0.15, 0.2) is 0 Å². The van der Waals surface area contributed by atoms with Crippen molar-refractivity contribution in [1.82, 2.24) is 0 Å². The number of nitriles is 1. The first kappa shape index (κ1) is 15.8. The van der Waals surface area contributed by atoms with Crippen LogP contribution in [-0.2, 0) is 11.0 Å². The van der Waals surface area contributed by atoms with Crippen LogP contribution in [0.3, 0.4) is 0 Å². The monoisotopic (exact) mass is 286 g/mol. The highest BCUT2D eigenvalue weighted by molar-refractivity contribution is 5.77. The fraction of sp³-hybridized carbons (Fsp3) is 0.385. The molecule has 0 saturated carbocycles. The molecule has 0 spiro atoms. The van der Waals surface area contributed by atoms with Gasteiger partial charge in [0.05, 0.1) is 17.2 Å². The van der Waals surface area contributed by atoms with E-state index in [9.17, 15) is 18.0 Å². The number of carbonyl (C=O) groups is 1. The Bertz CT molecular complexity index is 535. The lowest BCUT2D eigenvalue weighted by Gasteiger charge is -2.16. The largest absolute Gasteiger partial charge is 0.480 e. The summed E-state index contributed by atoms with van der Waals surface area (Å²) in [6, 6.07) is 3.47. The average Bonchev–Trinajstić information content (AvgIpc) is 2.36. The number of anilines is 1. The van der Waals surface area contributed by atoms with Crippen LogP contribution in [0.4, 0.5) is 18.9 Å². The number of alkyl halides is 3. The van der Waals surface area contributed by atoms with Gasteiger partial charge in [0.2, 0.25) is 0 Å². The van der Waals surface area contributed by atoms with E-state index in [-0.39, 0.29) is 5.69 Å². The summed E-state index contributed by atoms with van der Waals surface area (Å²) in [5, 5.41) is 20.3. The number of hydrogen-bond acceptors (Lipinski definition) is 3. The molecule has 0 amide bonds. The predicted molar refractivity (Wildman–Crippen MR) is 66.1 cm³/mol. The van der Waals surface area contributed by atoms with Gasteiger partial charge in [-0.1, -0.05) is 13.3 Å². The number of nitrogens with one attached hydrogen (secondary N) is 1. The van der Waals surface area contributed by atoms with Crippen molar-refractivity contribution in [2.45, 2.75) is 32.0 Å². The normalized spacial score (nSPS) is 12.6. The van der Waals surface area contributed by atoms with Crippen LogP contribution in [0.15, 0.2) is 18.2 Å². The second-order valence-electron chi connectivity index (χ2n) is 4.19. The molecule has 1 atom stereocenters. The van der Waals surface area contributed by atoms with E-state index in [1.165, 1.54) is 6.07 Å². The first-order valence-electron chi connectivity index (χ1n) is 5.90. The van der Waals surface area contributed by atoms with Crippen LogP contribution in [0.5, 0.6) is 0 Å². The van der Waals surface area contributed by atoms with E-state index in [4.69, 9.17) is 10.4 Å². The van der Waals surface area contributed by atoms with Gasteiger partial charge >= 0.3 is 12.1 Å². The molecule has 0 radical (unpaired) electrons. The Balaban J connectivity index is 3.05. The Morgan fingerprint density at radius 1 is 1.50 bits per heavy atom. The Labute approximate surface area is 113 Å². The highest BCUT2D eigenvalue weighted by Crippen LogP contribution is 2.33. The van der Waals surface area contributed by atoms with Crippen LogP contribution in [0.2, 0.25) is 0 Å². The Morgan fingerprint density at radius 3 is 2.60 bits per heavy atom. The Kier molecular flexibility index (Phi) is 4.97. The van der Waals surface area contributed by atoms with Crippen LogP contribution >= 0.6 is 0 Å². The van der Waals surface area contributed by atoms with Gasteiger partial charge in [-0.25, -0.2) is 4.79 Å². The maximum absolute atomic E-state index is 12.6. The number of halogens is 3. The summed E-state index contributed by atoms with van der Waals surface area (Å²) in [4.78, 5) is 11.0. The van der Waals surface area contributed by atoms with E-state index < -0.39 is 29.3 Å². The van der Waals surface area contributed by atoms with E-state index >= 15 is 0 Å². The molecule has 0 fully saturated rings. The summed E-state index contributed by atoms with van der Waals surface area (Å²) >= 11 is 0. The number of carboxylic acids is 1. The Hall–Kier alpha value is -2.23. The fourth-order valence-electron chi connectivity index (χ4n) is 1.72. The molecule has 2 N–H and O–H groups in total. The second-order valence-corrected chi connectivity index (χ2v) is 4.19. The van der Waals surface area contributed by atoms with Gasteiger partial charge in [0.25, 0.3) is 0 Å². The van der Waals surface area contributed by atoms with E-state index in [1.54, 1.807) is 6.92 Å². The van der Waals surface area contributed by atoms with Gasteiger partial charge in [0.1, 0.15) is 6.04 Å². The van der Waals surface area contributed by atoms with Crippen molar-refractivity contribution < 1.29 is 23.1 Å². The van der Waals surface area contributed by atoms with Crippen molar-refractivity contribution in [3.63, 3.8) is 0 Å². The number of carboxylic acid groups (broad SMARTS) is 1. The van der Waals surface area contributed by atoms with Crippen LogP contribution < -0.4 is 5.32 Å². The van der Waals surface area contributed by atoms with Gasteiger partial charge in [-0.05, 0) is 24.6 Å². The van der Waals surface area contributed by atoms with Gasteiger partial charge in [-0.2, -0.15) is 18.4 Å². The highest BCUT2D eigenvalue weighted by atomic mass is 19.4. The number of benzene rings is 1. The lowest BCUT2D eigenvalue weighted by Crippen LogP contribution is -2.29. The van der Waals surface area contributed by atoms with Crippen LogP contribution in [-0.4, -0.2) is 17.1 Å². The minimum absolute atomic E-state index is 0.176. The van der Waals surface area contributed by atoms with Crippen molar-refractivity contribution >= 4 is 11.7 Å². The second kappa shape index (κ2) is 6.28. The number of aliphatic carboxylic acids is 1.